The van der Waals surface area contributed by atoms with Gasteiger partial charge < -0.3 is 10.6 Å². The molecule has 226 valence electrons. The molecule has 4 heterocycles. The summed E-state index contributed by atoms with van der Waals surface area (Å²) in [7, 11) is 1.63. The summed E-state index contributed by atoms with van der Waals surface area (Å²) in [6.07, 6.45) is 3.37. The van der Waals surface area contributed by atoms with E-state index < -0.39 is 11.7 Å². The van der Waals surface area contributed by atoms with Gasteiger partial charge in [-0.15, -0.1) is 0 Å². The van der Waals surface area contributed by atoms with E-state index in [1.807, 2.05) is 12.1 Å². The first-order valence-electron chi connectivity index (χ1n) is 14.1. The third-order valence-corrected chi connectivity index (χ3v) is 7.48. The summed E-state index contributed by atoms with van der Waals surface area (Å²) in [5, 5.41) is 14.0. The van der Waals surface area contributed by atoms with E-state index in [4.69, 9.17) is 0 Å². The molecule has 0 unspecified atom stereocenters. The van der Waals surface area contributed by atoms with Gasteiger partial charge in [0.05, 0.1) is 16.6 Å². The van der Waals surface area contributed by atoms with Crippen molar-refractivity contribution in [2.45, 2.75) is 6.42 Å². The normalized spacial score (nSPS) is 11.2. The van der Waals surface area contributed by atoms with Crippen LogP contribution in [0.15, 0.2) is 107 Å². The van der Waals surface area contributed by atoms with Crippen molar-refractivity contribution in [3.05, 3.63) is 141 Å². The van der Waals surface area contributed by atoms with E-state index in [2.05, 4.69) is 35.8 Å². The number of halogens is 1. The average Bonchev–Trinajstić information content (AvgIpc) is 3.33. The number of aromatic amines is 1. The Morgan fingerprint density at radius 2 is 1.65 bits per heavy atom. The quantitative estimate of drug-likeness (QED) is 0.238. The fourth-order valence-corrected chi connectivity index (χ4v) is 5.21. The molecule has 4 aromatic heterocycles. The third kappa shape index (κ3) is 5.26. The highest BCUT2D eigenvalue weighted by Gasteiger charge is 2.17. The largest absolute Gasteiger partial charge is 0.324 e. The minimum absolute atomic E-state index is 0.128. The first-order valence-corrected chi connectivity index (χ1v) is 14.1. The van der Waals surface area contributed by atoms with Crippen LogP contribution in [0.1, 0.15) is 21.6 Å². The molecule has 3 N–H and O–H groups in total. The maximum absolute atomic E-state index is 14.8. The Labute approximate surface area is 259 Å². The van der Waals surface area contributed by atoms with E-state index in [9.17, 15) is 18.8 Å². The molecule has 46 heavy (non-hydrogen) atoms. The Hall–Kier alpha value is -6.50. The number of hydrogen-bond donors (Lipinski definition) is 3. The topological polar surface area (TPSA) is 152 Å². The molecule has 0 aliphatic rings. The van der Waals surface area contributed by atoms with Crippen LogP contribution in [0.5, 0.6) is 0 Å². The highest BCUT2D eigenvalue weighted by atomic mass is 19.1. The Kier molecular flexibility index (Phi) is 7.09. The monoisotopic (exact) mass is 613 g/mol. The van der Waals surface area contributed by atoms with Crippen molar-refractivity contribution in [2.75, 3.05) is 10.6 Å². The number of nitrogens with zero attached hydrogens (tertiary/aromatic N) is 6. The minimum atomic E-state index is -0.670. The summed E-state index contributed by atoms with van der Waals surface area (Å²) in [5.41, 5.74) is 2.03. The van der Waals surface area contributed by atoms with E-state index in [1.54, 1.807) is 78.6 Å². The van der Waals surface area contributed by atoms with Gasteiger partial charge in [-0.2, -0.15) is 10.1 Å². The Balaban J connectivity index is 1.08. The van der Waals surface area contributed by atoms with Crippen molar-refractivity contribution in [3.8, 4) is 5.82 Å². The molecule has 0 aliphatic carbocycles. The van der Waals surface area contributed by atoms with Gasteiger partial charge >= 0.3 is 0 Å². The van der Waals surface area contributed by atoms with Crippen molar-refractivity contribution in [2.24, 2.45) is 7.05 Å². The molecule has 0 radical (unpaired) electrons. The molecule has 0 bridgehead atoms. The van der Waals surface area contributed by atoms with Crippen LogP contribution < -0.4 is 21.8 Å². The fourth-order valence-electron chi connectivity index (χ4n) is 5.21. The summed E-state index contributed by atoms with van der Waals surface area (Å²) in [4.78, 5) is 51.1. The van der Waals surface area contributed by atoms with Gasteiger partial charge in [-0.25, -0.2) is 28.8 Å². The predicted octanol–water partition coefficient (Wildman–Crippen LogP) is 4.48. The number of rotatable bonds is 7. The van der Waals surface area contributed by atoms with Crippen molar-refractivity contribution >= 4 is 45.0 Å². The average molecular weight is 614 g/mol. The zero-order valence-electron chi connectivity index (χ0n) is 24.2. The smallest absolute Gasteiger partial charge is 0.277 e. The number of nitrogens with one attached hydrogen (secondary N) is 3. The van der Waals surface area contributed by atoms with Crippen LogP contribution in [0, 0.1) is 5.82 Å². The lowest BCUT2D eigenvalue weighted by Crippen LogP contribution is -2.18. The number of benzene rings is 3. The molecular formula is C33H24FN9O3. The molecule has 12 nitrogen and oxygen atoms in total. The number of amides is 1. The molecule has 0 aliphatic heterocycles. The Morgan fingerprint density at radius 1 is 0.891 bits per heavy atom. The third-order valence-electron chi connectivity index (χ3n) is 7.48. The molecule has 13 heteroatoms. The zero-order chi connectivity index (χ0) is 31.8. The zero-order valence-corrected chi connectivity index (χ0v) is 24.2. The lowest BCUT2D eigenvalue weighted by molar-refractivity contribution is 0.102. The standard InChI is InChI=1S/C33H24FN9O3/c1-42-32(46)25-18-36-33(39-29(25)43(42)28-8-4-5-15-35-28)38-21-12-10-20(11-13-21)37-30(44)24-16-19(9-14-26(24)34)17-27-22-6-2-3-7-23(22)31(45)41-40-27/h2-16,18H,17H2,1H3,(H,37,44)(H,41,45)(H,36,38,39). The van der Waals surface area contributed by atoms with Crippen LogP contribution in [-0.4, -0.2) is 40.4 Å². The summed E-state index contributed by atoms with van der Waals surface area (Å²) in [6.45, 7) is 0. The molecule has 0 atom stereocenters. The SMILES string of the molecule is Cn1c(=O)c2cnc(Nc3ccc(NC(=O)c4cc(Cc5n[nH]c(=O)c6ccccc56)ccc4F)cc3)nc2n1-c1ccccn1. The van der Waals surface area contributed by atoms with Crippen LogP contribution >= 0.6 is 0 Å². The minimum Gasteiger partial charge on any atom is -0.324 e. The van der Waals surface area contributed by atoms with Crippen LogP contribution in [0.2, 0.25) is 0 Å². The number of fused-ring (bicyclic) bond motifs is 2. The first-order chi connectivity index (χ1) is 22.4. The van der Waals surface area contributed by atoms with Crippen LogP contribution in [-0.2, 0) is 13.5 Å². The van der Waals surface area contributed by atoms with Gasteiger partial charge in [0.25, 0.3) is 17.0 Å². The first kappa shape index (κ1) is 28.3. The van der Waals surface area contributed by atoms with Gasteiger partial charge in [0.2, 0.25) is 5.95 Å². The summed E-state index contributed by atoms with van der Waals surface area (Å²) in [5.74, 6) is -0.505. The lowest BCUT2D eigenvalue weighted by Gasteiger charge is -2.10. The second-order valence-corrected chi connectivity index (χ2v) is 10.5. The molecule has 0 saturated heterocycles. The number of aromatic nitrogens is 7. The number of pyridine rings is 1. The lowest BCUT2D eigenvalue weighted by atomic mass is 10.0. The molecule has 1 amide bonds. The molecule has 0 fully saturated rings. The Morgan fingerprint density at radius 3 is 2.43 bits per heavy atom. The van der Waals surface area contributed by atoms with Crippen LogP contribution in [0.3, 0.4) is 0 Å². The molecule has 7 rings (SSSR count). The van der Waals surface area contributed by atoms with Crippen molar-refractivity contribution in [3.63, 3.8) is 0 Å². The van der Waals surface area contributed by atoms with Crippen molar-refractivity contribution in [1.82, 2.24) is 34.5 Å². The maximum atomic E-state index is 14.8. The number of carbonyl (C=O) groups is 1. The van der Waals surface area contributed by atoms with Gasteiger partial charge in [0.1, 0.15) is 11.2 Å². The number of anilines is 3. The maximum Gasteiger partial charge on any atom is 0.277 e. The Bertz CT molecular complexity index is 2380. The van der Waals surface area contributed by atoms with E-state index in [1.165, 1.54) is 23.0 Å². The van der Waals surface area contributed by atoms with E-state index >= 15 is 0 Å². The predicted molar refractivity (Wildman–Crippen MR) is 171 cm³/mol. The van der Waals surface area contributed by atoms with E-state index in [0.717, 1.165) is 0 Å². The van der Waals surface area contributed by atoms with Gasteiger partial charge in [0.15, 0.2) is 11.5 Å². The van der Waals surface area contributed by atoms with Crippen molar-refractivity contribution < 1.29 is 9.18 Å². The fraction of sp³-hybridized carbons (Fsp3) is 0.0606. The highest BCUT2D eigenvalue weighted by Crippen LogP contribution is 2.22. The van der Waals surface area contributed by atoms with Crippen LogP contribution in [0.4, 0.5) is 21.7 Å². The summed E-state index contributed by atoms with van der Waals surface area (Å²) < 4.78 is 17.8. The highest BCUT2D eigenvalue weighted by molar-refractivity contribution is 6.04. The van der Waals surface area contributed by atoms with E-state index in [-0.39, 0.29) is 29.1 Å². The second kappa shape index (κ2) is 11.5. The van der Waals surface area contributed by atoms with Crippen molar-refractivity contribution in [1.29, 1.82) is 0 Å². The van der Waals surface area contributed by atoms with E-state index in [0.29, 0.717) is 50.3 Å². The van der Waals surface area contributed by atoms with Gasteiger partial charge in [0, 0.05) is 42.6 Å². The molecule has 0 spiro atoms. The van der Waals surface area contributed by atoms with Gasteiger partial charge in [-0.05, 0) is 60.2 Å². The van der Waals surface area contributed by atoms with Gasteiger partial charge in [-0.3, -0.25) is 14.4 Å². The number of hydrogen-bond acceptors (Lipinski definition) is 8. The number of H-pyrrole nitrogens is 1. The summed E-state index contributed by atoms with van der Waals surface area (Å²) in [6, 6.07) is 23.5. The molecular weight excluding hydrogens is 589 g/mol. The second-order valence-electron chi connectivity index (χ2n) is 10.5. The van der Waals surface area contributed by atoms with Gasteiger partial charge in [-0.1, -0.05) is 30.3 Å². The molecule has 7 aromatic rings. The van der Waals surface area contributed by atoms with Crippen LogP contribution in [0.25, 0.3) is 27.6 Å². The summed E-state index contributed by atoms with van der Waals surface area (Å²) >= 11 is 0. The molecule has 3 aromatic carbocycles. The number of carbonyl (C=O) groups excluding carboxylic acids is 1. The molecule has 0 saturated carbocycles.